The van der Waals surface area contributed by atoms with E-state index < -0.39 is 0 Å². The van der Waals surface area contributed by atoms with Gasteiger partial charge in [-0.3, -0.25) is 4.79 Å². The predicted molar refractivity (Wildman–Crippen MR) is 84.8 cm³/mol. The minimum Gasteiger partial charge on any atom is -0.497 e. The molecule has 0 bridgehead atoms. The quantitative estimate of drug-likeness (QED) is 0.867. The summed E-state index contributed by atoms with van der Waals surface area (Å²) in [7, 11) is 1.63. The fraction of sp³-hybridized carbons (Fsp3) is 0.471. The summed E-state index contributed by atoms with van der Waals surface area (Å²) in [6, 6.07) is 7.38. The van der Waals surface area contributed by atoms with Crippen molar-refractivity contribution < 1.29 is 14.1 Å². The fourth-order valence-electron chi connectivity index (χ4n) is 2.85. The summed E-state index contributed by atoms with van der Waals surface area (Å²) < 4.78 is 10.6. The van der Waals surface area contributed by atoms with Crippen LogP contribution >= 0.6 is 0 Å². The van der Waals surface area contributed by atoms with E-state index in [4.69, 9.17) is 9.26 Å². The second-order valence-corrected chi connectivity index (χ2v) is 6.03. The van der Waals surface area contributed by atoms with Crippen LogP contribution in [0.15, 0.2) is 28.8 Å². The Morgan fingerprint density at radius 1 is 1.35 bits per heavy atom. The minimum absolute atomic E-state index is 0.0282. The van der Waals surface area contributed by atoms with Gasteiger partial charge in [0.25, 0.3) is 0 Å². The van der Waals surface area contributed by atoms with Crippen molar-refractivity contribution in [2.75, 3.05) is 13.7 Å². The summed E-state index contributed by atoms with van der Waals surface area (Å²) in [6.07, 6.45) is 1.83. The van der Waals surface area contributed by atoms with Gasteiger partial charge in [0.15, 0.2) is 0 Å². The summed E-state index contributed by atoms with van der Waals surface area (Å²) in [5.41, 5.74) is 0.862. The van der Waals surface area contributed by atoms with Crippen molar-refractivity contribution in [2.24, 2.45) is 5.92 Å². The molecular formula is C17H21N3O3. The van der Waals surface area contributed by atoms with Crippen LogP contribution in [0.2, 0.25) is 0 Å². The van der Waals surface area contributed by atoms with E-state index in [2.05, 4.69) is 10.1 Å². The Hall–Kier alpha value is -2.37. The van der Waals surface area contributed by atoms with Gasteiger partial charge in [-0.2, -0.15) is 4.98 Å². The second-order valence-electron chi connectivity index (χ2n) is 6.03. The van der Waals surface area contributed by atoms with Crippen molar-refractivity contribution in [1.29, 1.82) is 0 Å². The lowest BCUT2D eigenvalue weighted by Crippen LogP contribution is -2.33. The lowest BCUT2D eigenvalue weighted by atomic mass is 10.1. The molecule has 122 valence electrons. The summed E-state index contributed by atoms with van der Waals surface area (Å²) in [4.78, 5) is 18.7. The van der Waals surface area contributed by atoms with E-state index in [9.17, 15) is 4.79 Å². The number of benzene rings is 1. The van der Waals surface area contributed by atoms with Crippen LogP contribution in [0.25, 0.3) is 11.4 Å². The van der Waals surface area contributed by atoms with E-state index in [0.29, 0.717) is 11.7 Å². The summed E-state index contributed by atoms with van der Waals surface area (Å²) in [6.45, 7) is 4.57. The molecule has 0 saturated carbocycles. The van der Waals surface area contributed by atoms with Gasteiger partial charge in [-0.15, -0.1) is 0 Å². The van der Waals surface area contributed by atoms with Gasteiger partial charge >= 0.3 is 0 Å². The molecule has 0 spiro atoms. The maximum absolute atomic E-state index is 12.3. The van der Waals surface area contributed by atoms with Crippen LogP contribution in [0.1, 0.15) is 38.6 Å². The summed E-state index contributed by atoms with van der Waals surface area (Å²) in [5.74, 6) is 1.94. The highest BCUT2D eigenvalue weighted by atomic mass is 16.5. The second kappa shape index (κ2) is 6.40. The molecule has 1 aromatic carbocycles. The first-order valence-corrected chi connectivity index (χ1v) is 7.88. The predicted octanol–water partition coefficient (Wildman–Crippen LogP) is 3.06. The summed E-state index contributed by atoms with van der Waals surface area (Å²) >= 11 is 0. The third-order valence-electron chi connectivity index (χ3n) is 4.10. The fourth-order valence-corrected chi connectivity index (χ4v) is 2.85. The molecular weight excluding hydrogens is 294 g/mol. The summed E-state index contributed by atoms with van der Waals surface area (Å²) in [5, 5.41) is 4.06. The molecule has 1 aromatic heterocycles. The number of ether oxygens (including phenoxy) is 1. The minimum atomic E-state index is -0.107. The molecule has 0 radical (unpaired) electrons. The lowest BCUT2D eigenvalue weighted by Gasteiger charge is -2.23. The number of rotatable bonds is 4. The highest BCUT2D eigenvalue weighted by molar-refractivity contribution is 5.78. The number of hydrogen-bond donors (Lipinski definition) is 0. The van der Waals surface area contributed by atoms with Gasteiger partial charge < -0.3 is 14.2 Å². The Morgan fingerprint density at radius 2 is 2.09 bits per heavy atom. The number of nitrogens with zero attached hydrogens (tertiary/aromatic N) is 3. The van der Waals surface area contributed by atoms with Crippen molar-refractivity contribution in [3.63, 3.8) is 0 Å². The monoisotopic (exact) mass is 315 g/mol. The molecule has 1 aliphatic rings. The van der Waals surface area contributed by atoms with Crippen molar-refractivity contribution in [2.45, 2.75) is 32.7 Å². The van der Waals surface area contributed by atoms with Crippen LogP contribution in [-0.4, -0.2) is 34.6 Å². The maximum Gasteiger partial charge on any atom is 0.249 e. The number of likely N-dealkylation sites (tertiary alicyclic amines) is 1. The average molecular weight is 315 g/mol. The lowest BCUT2D eigenvalue weighted by molar-refractivity contribution is -0.135. The van der Waals surface area contributed by atoms with E-state index in [-0.39, 0.29) is 17.9 Å². The normalized spacial score (nSPS) is 17.7. The third kappa shape index (κ3) is 3.06. The van der Waals surface area contributed by atoms with Crippen molar-refractivity contribution >= 4 is 5.91 Å². The smallest absolute Gasteiger partial charge is 0.249 e. The average Bonchev–Trinajstić information content (AvgIpc) is 3.22. The van der Waals surface area contributed by atoms with E-state index in [0.717, 1.165) is 30.7 Å². The molecule has 23 heavy (non-hydrogen) atoms. The van der Waals surface area contributed by atoms with Crippen molar-refractivity contribution in [3.8, 4) is 17.1 Å². The van der Waals surface area contributed by atoms with Gasteiger partial charge in [-0.05, 0) is 37.1 Å². The van der Waals surface area contributed by atoms with Crippen LogP contribution in [0.4, 0.5) is 0 Å². The molecule has 2 heterocycles. The molecule has 0 N–H and O–H groups in total. The zero-order valence-electron chi connectivity index (χ0n) is 13.7. The van der Waals surface area contributed by atoms with Gasteiger partial charge in [-0.1, -0.05) is 19.0 Å². The molecule has 0 unspecified atom stereocenters. The van der Waals surface area contributed by atoms with Crippen LogP contribution in [0.5, 0.6) is 5.75 Å². The molecule has 6 heteroatoms. The highest BCUT2D eigenvalue weighted by Gasteiger charge is 2.34. The number of hydrogen-bond acceptors (Lipinski definition) is 5. The molecule has 1 atom stereocenters. The van der Waals surface area contributed by atoms with E-state index in [1.807, 2.05) is 43.0 Å². The Morgan fingerprint density at radius 3 is 2.74 bits per heavy atom. The first kappa shape index (κ1) is 15.5. The first-order chi connectivity index (χ1) is 11.1. The number of aromatic nitrogens is 2. The number of methoxy groups -OCH3 is 1. The van der Waals surface area contributed by atoms with Gasteiger partial charge in [0.05, 0.1) is 7.11 Å². The molecule has 1 amide bonds. The maximum atomic E-state index is 12.3. The zero-order valence-corrected chi connectivity index (χ0v) is 13.7. The van der Waals surface area contributed by atoms with Gasteiger partial charge in [0, 0.05) is 18.0 Å². The molecule has 6 nitrogen and oxygen atoms in total. The van der Waals surface area contributed by atoms with Gasteiger partial charge in [0.1, 0.15) is 11.8 Å². The van der Waals surface area contributed by atoms with Crippen molar-refractivity contribution in [1.82, 2.24) is 15.0 Å². The molecule has 2 aromatic rings. The molecule has 1 aliphatic heterocycles. The highest BCUT2D eigenvalue weighted by Crippen LogP contribution is 2.33. The van der Waals surface area contributed by atoms with Gasteiger partial charge in [0.2, 0.25) is 17.6 Å². The van der Waals surface area contributed by atoms with Crippen LogP contribution in [0, 0.1) is 5.92 Å². The molecule has 3 rings (SSSR count). The topological polar surface area (TPSA) is 68.5 Å². The van der Waals surface area contributed by atoms with Crippen LogP contribution < -0.4 is 4.74 Å². The van der Waals surface area contributed by atoms with Crippen LogP contribution in [-0.2, 0) is 4.79 Å². The number of amides is 1. The molecule has 1 fully saturated rings. The Bertz CT molecular complexity index is 679. The Labute approximate surface area is 135 Å². The van der Waals surface area contributed by atoms with Crippen LogP contribution in [0.3, 0.4) is 0 Å². The van der Waals surface area contributed by atoms with Gasteiger partial charge in [-0.25, -0.2) is 0 Å². The Balaban J connectivity index is 1.81. The first-order valence-electron chi connectivity index (χ1n) is 7.88. The van der Waals surface area contributed by atoms with E-state index in [1.54, 1.807) is 7.11 Å². The van der Waals surface area contributed by atoms with Crippen molar-refractivity contribution in [3.05, 3.63) is 30.2 Å². The zero-order chi connectivity index (χ0) is 16.4. The van der Waals surface area contributed by atoms with E-state index >= 15 is 0 Å². The number of carbonyl (C=O) groups excluding carboxylic acids is 1. The third-order valence-corrected chi connectivity index (χ3v) is 4.10. The number of carbonyl (C=O) groups is 1. The largest absolute Gasteiger partial charge is 0.497 e. The Kier molecular flexibility index (Phi) is 4.32. The molecule has 0 aliphatic carbocycles. The molecule has 1 saturated heterocycles. The van der Waals surface area contributed by atoms with E-state index in [1.165, 1.54) is 0 Å². The SMILES string of the molecule is COc1ccc(-c2noc([C@@H]3CCCN3C(=O)C(C)C)n2)cc1. The standard InChI is InChI=1S/C17H21N3O3/c1-11(2)17(21)20-10-4-5-14(20)16-18-15(19-23-16)12-6-8-13(22-3)9-7-12/h6-9,11,14H,4-5,10H2,1-3H3/t14-/m0/s1.